The molecule has 4 heteroatoms. The summed E-state index contributed by atoms with van der Waals surface area (Å²) in [5.41, 5.74) is 1.15. The van der Waals surface area contributed by atoms with E-state index in [0.717, 1.165) is 11.5 Å². The Kier molecular flexibility index (Phi) is 2.67. The molecule has 0 amide bonds. The van der Waals surface area contributed by atoms with E-state index >= 15 is 0 Å². The number of nitrogens with one attached hydrogen (secondary N) is 1. The molecule has 1 unspecified atom stereocenters. The average Bonchev–Trinajstić information content (AvgIpc) is 2.66. The number of aryl methyl sites for hydroxylation is 1. The summed E-state index contributed by atoms with van der Waals surface area (Å²) in [6.45, 7) is 2.09. The largest absolute Gasteiger partial charge is 0.349 e. The monoisotopic (exact) mass is 202 g/mol. The lowest BCUT2D eigenvalue weighted by Crippen LogP contribution is -2.10. The SMILES string of the molecule is CC(Nc1nccn1C)c1cccnc1. The Bertz CT molecular complexity index is 421. The normalized spacial score (nSPS) is 12.4. The van der Waals surface area contributed by atoms with Crippen molar-refractivity contribution >= 4 is 5.95 Å². The van der Waals surface area contributed by atoms with E-state index in [1.807, 2.05) is 36.1 Å². The fourth-order valence-corrected chi connectivity index (χ4v) is 1.41. The first-order chi connectivity index (χ1) is 7.27. The maximum absolute atomic E-state index is 4.21. The highest BCUT2D eigenvalue weighted by molar-refractivity contribution is 5.31. The van der Waals surface area contributed by atoms with Gasteiger partial charge in [-0.25, -0.2) is 4.98 Å². The van der Waals surface area contributed by atoms with E-state index in [1.165, 1.54) is 0 Å². The molecule has 0 saturated carbocycles. The van der Waals surface area contributed by atoms with Crippen LogP contribution in [0.1, 0.15) is 18.5 Å². The fraction of sp³-hybridized carbons (Fsp3) is 0.273. The third-order valence-corrected chi connectivity index (χ3v) is 2.35. The second-order valence-corrected chi connectivity index (χ2v) is 3.51. The Balaban J connectivity index is 2.11. The van der Waals surface area contributed by atoms with Gasteiger partial charge in [0.1, 0.15) is 0 Å². The van der Waals surface area contributed by atoms with Gasteiger partial charge in [-0.05, 0) is 18.6 Å². The van der Waals surface area contributed by atoms with Gasteiger partial charge in [0.15, 0.2) is 0 Å². The molecular weight excluding hydrogens is 188 g/mol. The highest BCUT2D eigenvalue weighted by Crippen LogP contribution is 2.15. The van der Waals surface area contributed by atoms with Crippen molar-refractivity contribution in [3.05, 3.63) is 42.5 Å². The maximum Gasteiger partial charge on any atom is 0.202 e. The second kappa shape index (κ2) is 4.13. The summed E-state index contributed by atoms with van der Waals surface area (Å²) in [6.07, 6.45) is 7.33. The Morgan fingerprint density at radius 3 is 2.87 bits per heavy atom. The molecule has 1 atom stereocenters. The number of nitrogens with zero attached hydrogens (tertiary/aromatic N) is 3. The molecule has 0 aliphatic heterocycles. The van der Waals surface area contributed by atoms with Crippen LogP contribution in [0, 0.1) is 0 Å². The lowest BCUT2D eigenvalue weighted by atomic mass is 10.1. The first kappa shape index (κ1) is 9.71. The van der Waals surface area contributed by atoms with Gasteiger partial charge in [0.25, 0.3) is 0 Å². The minimum atomic E-state index is 0.208. The molecule has 0 spiro atoms. The molecule has 0 aromatic carbocycles. The molecule has 2 heterocycles. The van der Waals surface area contributed by atoms with E-state index in [1.54, 1.807) is 12.4 Å². The molecule has 0 saturated heterocycles. The molecule has 0 fully saturated rings. The lowest BCUT2D eigenvalue weighted by Gasteiger charge is -2.14. The summed E-state index contributed by atoms with van der Waals surface area (Å²) in [7, 11) is 1.96. The zero-order valence-electron chi connectivity index (χ0n) is 8.88. The van der Waals surface area contributed by atoms with Crippen LogP contribution in [0.5, 0.6) is 0 Å². The van der Waals surface area contributed by atoms with E-state index < -0.39 is 0 Å². The predicted molar refractivity (Wildman–Crippen MR) is 59.5 cm³/mol. The minimum Gasteiger partial charge on any atom is -0.349 e. The Labute approximate surface area is 89.0 Å². The first-order valence-corrected chi connectivity index (χ1v) is 4.91. The zero-order chi connectivity index (χ0) is 10.7. The van der Waals surface area contributed by atoms with Crippen molar-refractivity contribution in [2.24, 2.45) is 7.05 Å². The molecule has 0 aliphatic rings. The molecule has 2 aromatic rings. The van der Waals surface area contributed by atoms with Gasteiger partial charge in [-0.1, -0.05) is 6.07 Å². The third kappa shape index (κ3) is 2.15. The van der Waals surface area contributed by atoms with Crippen LogP contribution >= 0.6 is 0 Å². The van der Waals surface area contributed by atoms with Crippen LogP contribution in [0.4, 0.5) is 5.95 Å². The highest BCUT2D eigenvalue weighted by Gasteiger charge is 2.07. The van der Waals surface area contributed by atoms with E-state index in [4.69, 9.17) is 0 Å². The van der Waals surface area contributed by atoms with Crippen molar-refractivity contribution in [2.45, 2.75) is 13.0 Å². The van der Waals surface area contributed by atoms with Crippen molar-refractivity contribution in [3.63, 3.8) is 0 Å². The van der Waals surface area contributed by atoms with Gasteiger partial charge in [0, 0.05) is 31.8 Å². The number of anilines is 1. The van der Waals surface area contributed by atoms with Gasteiger partial charge in [-0.3, -0.25) is 4.98 Å². The van der Waals surface area contributed by atoms with Crippen LogP contribution < -0.4 is 5.32 Å². The molecule has 1 N–H and O–H groups in total. The van der Waals surface area contributed by atoms with Gasteiger partial charge in [0.05, 0.1) is 6.04 Å². The standard InChI is InChI=1S/C11H14N4/c1-9(10-4-3-5-12-8-10)14-11-13-6-7-15(11)2/h3-9H,1-2H3,(H,13,14). The molecule has 4 nitrogen and oxygen atoms in total. The van der Waals surface area contributed by atoms with Crippen LogP contribution in [-0.4, -0.2) is 14.5 Å². The average molecular weight is 202 g/mol. The summed E-state index contributed by atoms with van der Waals surface area (Å²) in [5, 5.41) is 3.32. The van der Waals surface area contributed by atoms with Crippen LogP contribution in [0.25, 0.3) is 0 Å². The van der Waals surface area contributed by atoms with Gasteiger partial charge < -0.3 is 9.88 Å². The maximum atomic E-state index is 4.21. The Morgan fingerprint density at radius 2 is 2.27 bits per heavy atom. The summed E-state index contributed by atoms with van der Waals surface area (Å²) in [5.74, 6) is 0.867. The quantitative estimate of drug-likeness (QED) is 0.827. The van der Waals surface area contributed by atoms with Gasteiger partial charge in [0.2, 0.25) is 5.95 Å². The molecule has 0 radical (unpaired) electrons. The minimum absolute atomic E-state index is 0.208. The third-order valence-electron chi connectivity index (χ3n) is 2.35. The predicted octanol–water partition coefficient (Wildman–Crippen LogP) is 1.99. The van der Waals surface area contributed by atoms with Crippen LogP contribution in [-0.2, 0) is 7.05 Å². The molecule has 15 heavy (non-hydrogen) atoms. The molecule has 2 rings (SSSR count). The highest BCUT2D eigenvalue weighted by atomic mass is 15.2. The summed E-state index contributed by atoms with van der Waals surface area (Å²) < 4.78 is 1.95. The van der Waals surface area contributed by atoms with E-state index in [2.05, 4.69) is 22.2 Å². The van der Waals surface area contributed by atoms with Gasteiger partial charge in [-0.2, -0.15) is 0 Å². The summed E-state index contributed by atoms with van der Waals surface area (Å²) >= 11 is 0. The first-order valence-electron chi connectivity index (χ1n) is 4.91. The molecule has 78 valence electrons. The van der Waals surface area contributed by atoms with Gasteiger partial charge >= 0.3 is 0 Å². The molecule has 0 aliphatic carbocycles. The topological polar surface area (TPSA) is 42.7 Å². The van der Waals surface area contributed by atoms with Crippen molar-refractivity contribution < 1.29 is 0 Å². The Hall–Kier alpha value is -1.84. The fourth-order valence-electron chi connectivity index (χ4n) is 1.41. The van der Waals surface area contributed by atoms with Crippen molar-refractivity contribution in [3.8, 4) is 0 Å². The number of aromatic nitrogens is 3. The smallest absolute Gasteiger partial charge is 0.202 e. The Morgan fingerprint density at radius 1 is 1.40 bits per heavy atom. The molecular formula is C11H14N4. The number of hydrogen-bond donors (Lipinski definition) is 1. The van der Waals surface area contributed by atoms with Crippen LogP contribution in [0.3, 0.4) is 0 Å². The van der Waals surface area contributed by atoms with E-state index in [-0.39, 0.29) is 6.04 Å². The molecule has 0 bridgehead atoms. The van der Waals surface area contributed by atoms with Gasteiger partial charge in [-0.15, -0.1) is 0 Å². The van der Waals surface area contributed by atoms with Crippen molar-refractivity contribution in [1.82, 2.24) is 14.5 Å². The van der Waals surface area contributed by atoms with Crippen molar-refractivity contribution in [1.29, 1.82) is 0 Å². The summed E-state index contributed by atoms with van der Waals surface area (Å²) in [6, 6.07) is 4.19. The zero-order valence-corrected chi connectivity index (χ0v) is 8.88. The van der Waals surface area contributed by atoms with Crippen LogP contribution in [0.15, 0.2) is 36.9 Å². The van der Waals surface area contributed by atoms with Crippen molar-refractivity contribution in [2.75, 3.05) is 5.32 Å². The van der Waals surface area contributed by atoms with Crippen LogP contribution in [0.2, 0.25) is 0 Å². The number of imidazole rings is 1. The lowest BCUT2D eigenvalue weighted by molar-refractivity contribution is 0.819. The molecule has 2 aromatic heterocycles. The van der Waals surface area contributed by atoms with E-state index in [9.17, 15) is 0 Å². The van der Waals surface area contributed by atoms with E-state index in [0.29, 0.717) is 0 Å². The number of rotatable bonds is 3. The summed E-state index contributed by atoms with van der Waals surface area (Å²) in [4.78, 5) is 8.30. The number of pyridine rings is 1. The number of hydrogen-bond acceptors (Lipinski definition) is 3. The second-order valence-electron chi connectivity index (χ2n) is 3.51.